The molecule has 0 atom stereocenters. The van der Waals surface area contributed by atoms with E-state index >= 15 is 0 Å². The Morgan fingerprint density at radius 2 is 2.33 bits per heavy atom. The molecule has 70 valence electrons. The summed E-state index contributed by atoms with van der Waals surface area (Å²) in [5, 5.41) is 0. The second kappa shape index (κ2) is 5.10. The van der Waals surface area contributed by atoms with Gasteiger partial charge in [-0.15, -0.1) is 6.58 Å². The Labute approximate surface area is 73.3 Å². The summed E-state index contributed by atoms with van der Waals surface area (Å²) < 4.78 is 25.2. The molecule has 0 heterocycles. The number of halogens is 2. The van der Waals surface area contributed by atoms with Gasteiger partial charge >= 0.3 is 11.8 Å². The van der Waals surface area contributed by atoms with Crippen LogP contribution < -0.4 is 11.3 Å². The maximum atomic E-state index is 12.6. The van der Waals surface area contributed by atoms with Crippen LogP contribution in [0.25, 0.3) is 0 Å². The summed E-state index contributed by atoms with van der Waals surface area (Å²) in [6.07, 6.45) is 1.49. The molecule has 1 amide bonds. The largest absolute Gasteiger partial charge is 0.334 e. The van der Waals surface area contributed by atoms with Crippen LogP contribution in [0.15, 0.2) is 12.7 Å². The van der Waals surface area contributed by atoms with E-state index in [2.05, 4.69) is 12.4 Å². The van der Waals surface area contributed by atoms with Gasteiger partial charge in [-0.2, -0.15) is 20.5 Å². The molecule has 0 aliphatic rings. The molecule has 0 fully saturated rings. The quantitative estimate of drug-likeness (QED) is 0.222. The summed E-state index contributed by atoms with van der Waals surface area (Å²) in [7, 11) is 0. The lowest BCUT2D eigenvalue weighted by atomic mass is 10.4. The predicted octanol–water partition coefficient (Wildman–Crippen LogP) is 0.531. The molecule has 0 aromatic heterocycles. The van der Waals surface area contributed by atoms with Crippen LogP contribution in [0.1, 0.15) is 0 Å². The number of alkyl halides is 2. The first kappa shape index (κ1) is 11.4. The topological polar surface area (TPSA) is 55.1 Å². The first-order valence-electron chi connectivity index (χ1n) is 3.12. The van der Waals surface area contributed by atoms with E-state index in [-0.39, 0.29) is 0 Å². The molecule has 0 saturated heterocycles. The van der Waals surface area contributed by atoms with Crippen molar-refractivity contribution in [3.05, 3.63) is 12.7 Å². The maximum absolute atomic E-state index is 12.6. The van der Waals surface area contributed by atoms with Crippen LogP contribution in [-0.2, 0) is 4.79 Å². The van der Waals surface area contributed by atoms with Crippen molar-refractivity contribution >= 4 is 17.7 Å². The fraction of sp³-hybridized carbons (Fsp3) is 0.500. The molecule has 0 bridgehead atoms. The number of hydrogen-bond acceptors (Lipinski definition) is 3. The van der Waals surface area contributed by atoms with Gasteiger partial charge in [-0.3, -0.25) is 10.2 Å². The fourth-order valence-corrected chi connectivity index (χ4v) is 1.11. The summed E-state index contributed by atoms with van der Waals surface area (Å²) in [6.45, 7) is 3.35. The van der Waals surface area contributed by atoms with E-state index < -0.39 is 17.6 Å². The molecule has 0 aromatic carbocycles. The smallest absolute Gasteiger partial charge is 0.289 e. The van der Waals surface area contributed by atoms with E-state index in [9.17, 15) is 13.6 Å². The average molecular weight is 196 g/mol. The van der Waals surface area contributed by atoms with Crippen LogP contribution in [0.4, 0.5) is 8.78 Å². The van der Waals surface area contributed by atoms with Crippen LogP contribution in [0, 0.1) is 0 Å². The number of carbonyl (C=O) groups excluding carboxylic acids is 1. The molecule has 3 N–H and O–H groups in total. The van der Waals surface area contributed by atoms with Crippen molar-refractivity contribution in [3.8, 4) is 0 Å². The number of thioether (sulfide) groups is 1. The zero-order valence-electron chi connectivity index (χ0n) is 6.35. The van der Waals surface area contributed by atoms with Crippen molar-refractivity contribution in [1.29, 1.82) is 0 Å². The normalized spacial score (nSPS) is 10.9. The highest BCUT2D eigenvalue weighted by Gasteiger charge is 2.37. The van der Waals surface area contributed by atoms with Crippen molar-refractivity contribution in [2.45, 2.75) is 5.92 Å². The number of amides is 1. The molecule has 0 spiro atoms. The van der Waals surface area contributed by atoms with E-state index in [4.69, 9.17) is 0 Å². The molecule has 0 saturated carbocycles. The summed E-state index contributed by atoms with van der Waals surface area (Å²) >= 11 is 0.919. The number of hydrazine groups is 1. The third kappa shape index (κ3) is 3.68. The second-order valence-electron chi connectivity index (χ2n) is 1.98. The Kier molecular flexibility index (Phi) is 4.84. The Bertz CT molecular complexity index is 175. The van der Waals surface area contributed by atoms with Crippen LogP contribution in [0.3, 0.4) is 0 Å². The number of nitrogens with one attached hydrogen (secondary N) is 1. The second-order valence-corrected chi connectivity index (χ2v) is 3.01. The molecule has 6 heteroatoms. The summed E-state index contributed by atoms with van der Waals surface area (Å²) in [5.41, 5.74) is 1.40. The van der Waals surface area contributed by atoms with Gasteiger partial charge in [0.05, 0.1) is 5.75 Å². The number of carbonyl (C=O) groups is 1. The zero-order chi connectivity index (χ0) is 9.61. The van der Waals surface area contributed by atoms with E-state index in [1.54, 1.807) is 0 Å². The first-order valence-corrected chi connectivity index (χ1v) is 4.27. The van der Waals surface area contributed by atoms with E-state index in [1.165, 1.54) is 11.5 Å². The Balaban J connectivity index is 3.86. The molecular formula is C6H10F2N2OS. The number of hydrogen-bond donors (Lipinski definition) is 2. The van der Waals surface area contributed by atoms with Crippen molar-refractivity contribution in [1.82, 2.24) is 5.43 Å². The molecule has 0 unspecified atom stereocenters. The third-order valence-electron chi connectivity index (χ3n) is 0.982. The van der Waals surface area contributed by atoms with E-state index in [0.717, 1.165) is 11.8 Å². The molecular weight excluding hydrogens is 186 g/mol. The SMILES string of the molecule is C=CCSCC(F)(F)C(=O)NN. The van der Waals surface area contributed by atoms with Gasteiger partial charge in [0.2, 0.25) is 0 Å². The molecule has 0 aromatic rings. The van der Waals surface area contributed by atoms with Crippen LogP contribution >= 0.6 is 11.8 Å². The van der Waals surface area contributed by atoms with E-state index in [0.29, 0.717) is 5.75 Å². The standard InChI is InChI=1S/C6H10F2N2OS/c1-2-3-12-4-6(7,8)5(11)10-9/h2H,1,3-4,9H2,(H,10,11). The monoisotopic (exact) mass is 196 g/mol. The summed E-state index contributed by atoms with van der Waals surface area (Å²) in [5.74, 6) is -0.505. The van der Waals surface area contributed by atoms with Crippen molar-refractivity contribution in [2.75, 3.05) is 11.5 Å². The van der Waals surface area contributed by atoms with Gasteiger partial charge in [-0.05, 0) is 0 Å². The van der Waals surface area contributed by atoms with Crippen LogP contribution in [0.2, 0.25) is 0 Å². The van der Waals surface area contributed by atoms with Crippen molar-refractivity contribution < 1.29 is 13.6 Å². The average Bonchev–Trinajstić information content (AvgIpc) is 2.03. The Morgan fingerprint density at radius 1 is 1.75 bits per heavy atom. The molecule has 0 radical (unpaired) electrons. The minimum atomic E-state index is -3.40. The van der Waals surface area contributed by atoms with Crippen LogP contribution in [0.5, 0.6) is 0 Å². The Morgan fingerprint density at radius 3 is 2.75 bits per heavy atom. The fourth-order valence-electron chi connectivity index (χ4n) is 0.442. The van der Waals surface area contributed by atoms with Crippen molar-refractivity contribution in [2.24, 2.45) is 5.84 Å². The minimum Gasteiger partial charge on any atom is -0.289 e. The van der Waals surface area contributed by atoms with Gasteiger partial charge in [0.15, 0.2) is 0 Å². The summed E-state index contributed by atoms with van der Waals surface area (Å²) in [6, 6.07) is 0. The maximum Gasteiger partial charge on any atom is 0.334 e. The van der Waals surface area contributed by atoms with Gasteiger partial charge in [-0.1, -0.05) is 6.08 Å². The highest BCUT2D eigenvalue weighted by molar-refractivity contribution is 7.99. The van der Waals surface area contributed by atoms with Gasteiger partial charge in [0.1, 0.15) is 0 Å². The first-order chi connectivity index (χ1) is 5.54. The molecule has 3 nitrogen and oxygen atoms in total. The lowest BCUT2D eigenvalue weighted by Crippen LogP contribution is -2.45. The van der Waals surface area contributed by atoms with Crippen LogP contribution in [-0.4, -0.2) is 23.3 Å². The zero-order valence-corrected chi connectivity index (χ0v) is 7.16. The lowest BCUT2D eigenvalue weighted by molar-refractivity contribution is -0.142. The third-order valence-corrected chi connectivity index (χ3v) is 2.02. The number of nitrogens with two attached hydrogens (primary N) is 1. The highest BCUT2D eigenvalue weighted by Crippen LogP contribution is 2.19. The number of rotatable bonds is 5. The van der Waals surface area contributed by atoms with Gasteiger partial charge in [-0.25, -0.2) is 5.84 Å². The van der Waals surface area contributed by atoms with Gasteiger partial charge < -0.3 is 0 Å². The van der Waals surface area contributed by atoms with Gasteiger partial charge in [0, 0.05) is 5.75 Å². The minimum absolute atomic E-state index is 0.382. The molecule has 0 aliphatic carbocycles. The van der Waals surface area contributed by atoms with Crippen molar-refractivity contribution in [3.63, 3.8) is 0 Å². The molecule has 0 aliphatic heterocycles. The predicted molar refractivity (Wildman–Crippen MR) is 44.8 cm³/mol. The molecule has 12 heavy (non-hydrogen) atoms. The summed E-state index contributed by atoms with van der Waals surface area (Å²) in [4.78, 5) is 10.4. The highest BCUT2D eigenvalue weighted by atomic mass is 32.2. The molecule has 0 rings (SSSR count). The lowest BCUT2D eigenvalue weighted by Gasteiger charge is -2.12. The Hall–Kier alpha value is -0.620. The van der Waals surface area contributed by atoms with Gasteiger partial charge in [0.25, 0.3) is 0 Å². The van der Waals surface area contributed by atoms with E-state index in [1.807, 2.05) is 0 Å².